The van der Waals surface area contributed by atoms with Gasteiger partial charge in [0, 0.05) is 18.8 Å². The van der Waals surface area contributed by atoms with Crippen molar-refractivity contribution >= 4 is 5.95 Å². The Labute approximate surface area is 115 Å². The van der Waals surface area contributed by atoms with Gasteiger partial charge in [0.15, 0.2) is 0 Å². The summed E-state index contributed by atoms with van der Waals surface area (Å²) < 4.78 is 5.49. The molecule has 1 aromatic heterocycles. The summed E-state index contributed by atoms with van der Waals surface area (Å²) in [6.45, 7) is 6.01. The second-order valence-electron chi connectivity index (χ2n) is 4.99. The molecule has 0 aromatic carbocycles. The third-order valence-electron chi connectivity index (χ3n) is 3.32. The lowest BCUT2D eigenvalue weighted by molar-refractivity contribution is 0.305. The maximum atomic E-state index is 5.49. The molecule has 0 radical (unpaired) electrons. The first-order valence-corrected chi connectivity index (χ1v) is 7.29. The van der Waals surface area contributed by atoms with Gasteiger partial charge in [0.25, 0.3) is 0 Å². The van der Waals surface area contributed by atoms with Crippen LogP contribution in [0.15, 0.2) is 12.3 Å². The standard InChI is InChI=1S/C14H24N4O/c1-2-10-19-13-6-9-17-14(18-13)16-8-5-12-4-3-7-15-11-12/h6,9,12,15H,2-5,7-8,10-11H2,1H3,(H,16,17,18). The van der Waals surface area contributed by atoms with Crippen LogP contribution < -0.4 is 15.4 Å². The Morgan fingerprint density at radius 2 is 2.47 bits per heavy atom. The van der Waals surface area contributed by atoms with Crippen LogP contribution in [0.5, 0.6) is 5.88 Å². The molecular formula is C14H24N4O. The Bertz CT molecular complexity index is 366. The molecule has 2 heterocycles. The molecule has 5 nitrogen and oxygen atoms in total. The number of aromatic nitrogens is 2. The second-order valence-corrected chi connectivity index (χ2v) is 4.99. The fourth-order valence-corrected chi connectivity index (χ4v) is 2.27. The average molecular weight is 264 g/mol. The molecule has 0 spiro atoms. The number of hydrogen-bond acceptors (Lipinski definition) is 5. The lowest BCUT2D eigenvalue weighted by Gasteiger charge is -2.22. The summed E-state index contributed by atoms with van der Waals surface area (Å²) in [6.07, 6.45) is 6.51. The average Bonchev–Trinajstić information content (AvgIpc) is 2.47. The topological polar surface area (TPSA) is 59.1 Å². The smallest absolute Gasteiger partial charge is 0.225 e. The van der Waals surface area contributed by atoms with Gasteiger partial charge >= 0.3 is 0 Å². The SMILES string of the molecule is CCCOc1ccnc(NCCC2CCCNC2)n1. The number of ether oxygens (including phenoxy) is 1. The predicted octanol–water partition coefficient (Wildman–Crippen LogP) is 2.07. The first-order valence-electron chi connectivity index (χ1n) is 7.29. The molecule has 106 valence electrons. The molecular weight excluding hydrogens is 240 g/mol. The minimum absolute atomic E-state index is 0.652. The highest BCUT2D eigenvalue weighted by Crippen LogP contribution is 2.14. The first-order chi connectivity index (χ1) is 9.38. The molecule has 0 amide bonds. The summed E-state index contributed by atoms with van der Waals surface area (Å²) >= 11 is 0. The molecule has 1 unspecified atom stereocenters. The van der Waals surface area contributed by atoms with E-state index in [1.54, 1.807) is 12.3 Å². The fourth-order valence-electron chi connectivity index (χ4n) is 2.27. The van der Waals surface area contributed by atoms with Crippen LogP contribution in [0.2, 0.25) is 0 Å². The van der Waals surface area contributed by atoms with Gasteiger partial charge in [0.2, 0.25) is 11.8 Å². The monoisotopic (exact) mass is 264 g/mol. The van der Waals surface area contributed by atoms with Crippen LogP contribution in [0.4, 0.5) is 5.95 Å². The Balaban J connectivity index is 1.72. The maximum Gasteiger partial charge on any atom is 0.225 e. The van der Waals surface area contributed by atoms with E-state index in [0.717, 1.165) is 31.8 Å². The van der Waals surface area contributed by atoms with Gasteiger partial charge in [-0.15, -0.1) is 0 Å². The van der Waals surface area contributed by atoms with Crippen molar-refractivity contribution in [3.05, 3.63) is 12.3 Å². The molecule has 0 aliphatic carbocycles. The largest absolute Gasteiger partial charge is 0.478 e. The van der Waals surface area contributed by atoms with Crippen LogP contribution in [0.1, 0.15) is 32.6 Å². The van der Waals surface area contributed by atoms with Crippen LogP contribution in [0.3, 0.4) is 0 Å². The van der Waals surface area contributed by atoms with Crippen molar-refractivity contribution in [2.45, 2.75) is 32.6 Å². The molecule has 19 heavy (non-hydrogen) atoms. The predicted molar refractivity (Wildman–Crippen MR) is 76.5 cm³/mol. The Morgan fingerprint density at radius 1 is 1.53 bits per heavy atom. The highest BCUT2D eigenvalue weighted by molar-refractivity contribution is 5.27. The van der Waals surface area contributed by atoms with Crippen LogP contribution in [0, 0.1) is 5.92 Å². The zero-order valence-corrected chi connectivity index (χ0v) is 11.7. The van der Waals surface area contributed by atoms with E-state index in [-0.39, 0.29) is 0 Å². The van der Waals surface area contributed by atoms with Crippen molar-refractivity contribution in [1.82, 2.24) is 15.3 Å². The van der Waals surface area contributed by atoms with E-state index in [4.69, 9.17) is 4.74 Å². The summed E-state index contributed by atoms with van der Waals surface area (Å²) in [5, 5.41) is 6.72. The lowest BCUT2D eigenvalue weighted by Crippen LogP contribution is -2.30. The highest BCUT2D eigenvalue weighted by Gasteiger charge is 2.12. The van der Waals surface area contributed by atoms with Crippen LogP contribution >= 0.6 is 0 Å². The molecule has 1 fully saturated rings. The minimum Gasteiger partial charge on any atom is -0.478 e. The van der Waals surface area contributed by atoms with E-state index in [9.17, 15) is 0 Å². The van der Waals surface area contributed by atoms with Crippen molar-refractivity contribution in [2.75, 3.05) is 31.6 Å². The summed E-state index contributed by atoms with van der Waals surface area (Å²) in [7, 11) is 0. The van der Waals surface area contributed by atoms with E-state index in [2.05, 4.69) is 27.5 Å². The second kappa shape index (κ2) is 7.94. The number of rotatable bonds is 7. The molecule has 0 bridgehead atoms. The van der Waals surface area contributed by atoms with Gasteiger partial charge in [-0.1, -0.05) is 6.92 Å². The molecule has 2 N–H and O–H groups in total. The summed E-state index contributed by atoms with van der Waals surface area (Å²) in [5.74, 6) is 2.09. The Hall–Kier alpha value is -1.36. The van der Waals surface area contributed by atoms with Gasteiger partial charge in [-0.2, -0.15) is 4.98 Å². The van der Waals surface area contributed by atoms with Crippen molar-refractivity contribution < 1.29 is 4.74 Å². The number of anilines is 1. The Morgan fingerprint density at radius 3 is 3.26 bits per heavy atom. The number of hydrogen-bond donors (Lipinski definition) is 2. The molecule has 1 atom stereocenters. The number of nitrogens with one attached hydrogen (secondary N) is 2. The van der Waals surface area contributed by atoms with Crippen LogP contribution in [0.25, 0.3) is 0 Å². The van der Waals surface area contributed by atoms with Crippen LogP contribution in [-0.4, -0.2) is 36.2 Å². The quantitative estimate of drug-likeness (QED) is 0.789. The van der Waals surface area contributed by atoms with Gasteiger partial charge in [-0.05, 0) is 44.7 Å². The molecule has 5 heteroatoms. The summed E-state index contributed by atoms with van der Waals surface area (Å²) in [6, 6.07) is 1.80. The zero-order valence-electron chi connectivity index (χ0n) is 11.7. The molecule has 1 saturated heterocycles. The van der Waals surface area contributed by atoms with Crippen molar-refractivity contribution in [2.24, 2.45) is 5.92 Å². The van der Waals surface area contributed by atoms with Crippen molar-refractivity contribution in [1.29, 1.82) is 0 Å². The van der Waals surface area contributed by atoms with Gasteiger partial charge < -0.3 is 15.4 Å². The molecule has 0 saturated carbocycles. The summed E-state index contributed by atoms with van der Waals surface area (Å²) in [5.41, 5.74) is 0. The Kier molecular flexibility index (Phi) is 5.88. The van der Waals surface area contributed by atoms with E-state index in [0.29, 0.717) is 18.4 Å². The van der Waals surface area contributed by atoms with E-state index in [1.165, 1.54) is 19.4 Å². The van der Waals surface area contributed by atoms with Crippen molar-refractivity contribution in [3.8, 4) is 5.88 Å². The first kappa shape index (κ1) is 14.1. The van der Waals surface area contributed by atoms with Crippen LogP contribution in [-0.2, 0) is 0 Å². The number of piperidine rings is 1. The van der Waals surface area contributed by atoms with E-state index in [1.807, 2.05) is 0 Å². The molecule has 1 aliphatic heterocycles. The van der Waals surface area contributed by atoms with Gasteiger partial charge in [0.05, 0.1) is 6.61 Å². The number of nitrogens with zero attached hydrogens (tertiary/aromatic N) is 2. The third kappa shape index (κ3) is 5.03. The zero-order chi connectivity index (χ0) is 13.3. The fraction of sp³-hybridized carbons (Fsp3) is 0.714. The van der Waals surface area contributed by atoms with Gasteiger partial charge in [0.1, 0.15) is 0 Å². The third-order valence-corrected chi connectivity index (χ3v) is 3.32. The van der Waals surface area contributed by atoms with E-state index >= 15 is 0 Å². The van der Waals surface area contributed by atoms with E-state index < -0.39 is 0 Å². The minimum atomic E-state index is 0.652. The molecule has 2 rings (SSSR count). The van der Waals surface area contributed by atoms with Gasteiger partial charge in [-0.25, -0.2) is 4.98 Å². The van der Waals surface area contributed by atoms with Gasteiger partial charge in [-0.3, -0.25) is 0 Å². The highest BCUT2D eigenvalue weighted by atomic mass is 16.5. The summed E-state index contributed by atoms with van der Waals surface area (Å²) in [4.78, 5) is 8.55. The molecule has 1 aliphatic rings. The van der Waals surface area contributed by atoms with Crippen molar-refractivity contribution in [3.63, 3.8) is 0 Å². The molecule has 1 aromatic rings. The lowest BCUT2D eigenvalue weighted by atomic mass is 9.96. The normalized spacial score (nSPS) is 19.1. The maximum absolute atomic E-state index is 5.49.